The van der Waals surface area contributed by atoms with Crippen molar-refractivity contribution >= 4 is 0 Å². The number of rotatable bonds is 2. The zero-order chi connectivity index (χ0) is 9.68. The molecule has 0 unspecified atom stereocenters. The number of hydrogen-bond donors (Lipinski definition) is 1. The lowest BCUT2D eigenvalue weighted by Crippen LogP contribution is -2.09. The lowest BCUT2D eigenvalue weighted by atomic mass is 10.1. The van der Waals surface area contributed by atoms with Crippen LogP contribution in [0.5, 0.6) is 0 Å². The van der Waals surface area contributed by atoms with E-state index in [1.54, 1.807) is 12.1 Å². The molecule has 64 valence electrons. The van der Waals surface area contributed by atoms with Crippen molar-refractivity contribution in [3.8, 4) is 12.1 Å². The molecule has 0 fully saturated rings. The molecule has 0 aromatic carbocycles. The molecule has 2 N–H and O–H groups in total. The van der Waals surface area contributed by atoms with E-state index < -0.39 is 0 Å². The number of pyridine rings is 1. The molecule has 0 aliphatic heterocycles. The molecule has 0 radical (unpaired) electrons. The zero-order valence-electron chi connectivity index (χ0n) is 6.94. The topological polar surface area (TPSA) is 86.5 Å². The molecule has 0 spiro atoms. The number of hydrogen-bond acceptors (Lipinski definition) is 4. The predicted octanol–water partition coefficient (Wildman–Crippen LogP) is 0.867. The molecular weight excluding hydrogens is 164 g/mol. The molecule has 4 nitrogen and oxygen atoms in total. The minimum absolute atomic E-state index is 0.245. The highest BCUT2D eigenvalue weighted by Gasteiger charge is 2.05. The fourth-order valence-electron chi connectivity index (χ4n) is 0.955. The summed E-state index contributed by atoms with van der Waals surface area (Å²) in [5, 5.41) is 17.0. The number of nitrogens with two attached hydrogens (primary N) is 1. The molecule has 1 atom stereocenters. The second-order valence-corrected chi connectivity index (χ2v) is 2.55. The highest BCUT2D eigenvalue weighted by molar-refractivity contribution is 5.27. The van der Waals surface area contributed by atoms with Gasteiger partial charge < -0.3 is 5.73 Å². The summed E-state index contributed by atoms with van der Waals surface area (Å²) in [4.78, 5) is 3.80. The molecule has 1 rings (SSSR count). The molecule has 4 heteroatoms. The summed E-state index contributed by atoms with van der Waals surface area (Å²) in [7, 11) is 0. The van der Waals surface area contributed by atoms with Crippen LogP contribution in [0.25, 0.3) is 0 Å². The molecule has 0 aliphatic carbocycles. The minimum atomic E-state index is -0.333. The maximum absolute atomic E-state index is 8.56. The van der Waals surface area contributed by atoms with Crippen LogP contribution in [0.2, 0.25) is 0 Å². The fraction of sp³-hybridized carbons (Fsp3) is 0.222. The van der Waals surface area contributed by atoms with Crippen molar-refractivity contribution < 1.29 is 0 Å². The second-order valence-electron chi connectivity index (χ2n) is 2.55. The predicted molar refractivity (Wildman–Crippen MR) is 46.1 cm³/mol. The molecule has 0 saturated heterocycles. The van der Waals surface area contributed by atoms with Crippen LogP contribution in [0.3, 0.4) is 0 Å². The average molecular weight is 172 g/mol. The van der Waals surface area contributed by atoms with Gasteiger partial charge in [0.25, 0.3) is 0 Å². The second kappa shape index (κ2) is 4.20. The van der Waals surface area contributed by atoms with Crippen molar-refractivity contribution in [1.29, 1.82) is 10.5 Å². The van der Waals surface area contributed by atoms with Gasteiger partial charge in [-0.2, -0.15) is 10.5 Å². The van der Waals surface area contributed by atoms with Crippen LogP contribution in [0.15, 0.2) is 18.3 Å². The van der Waals surface area contributed by atoms with Crippen LogP contribution < -0.4 is 5.73 Å². The quantitative estimate of drug-likeness (QED) is 0.716. The van der Waals surface area contributed by atoms with E-state index in [0.29, 0.717) is 5.69 Å². The van der Waals surface area contributed by atoms with E-state index in [9.17, 15) is 0 Å². The van der Waals surface area contributed by atoms with Gasteiger partial charge in [-0.25, -0.2) is 4.98 Å². The van der Waals surface area contributed by atoms with Gasteiger partial charge in [0.2, 0.25) is 0 Å². The molecule has 1 aromatic rings. The van der Waals surface area contributed by atoms with Crippen LogP contribution in [0, 0.1) is 22.7 Å². The van der Waals surface area contributed by atoms with E-state index in [1.165, 1.54) is 6.20 Å². The van der Waals surface area contributed by atoms with Crippen LogP contribution >= 0.6 is 0 Å². The summed E-state index contributed by atoms with van der Waals surface area (Å²) in [6.45, 7) is 0. The Labute approximate surface area is 76.2 Å². The Bertz CT molecular complexity index is 372. The largest absolute Gasteiger partial charge is 0.323 e. The maximum Gasteiger partial charge on any atom is 0.140 e. The lowest BCUT2D eigenvalue weighted by molar-refractivity contribution is 0.746. The average Bonchev–Trinajstić information content (AvgIpc) is 2.18. The van der Waals surface area contributed by atoms with E-state index in [0.717, 1.165) is 5.56 Å². The summed E-state index contributed by atoms with van der Waals surface area (Å²) in [5.74, 6) is 0. The molecule has 0 saturated carbocycles. The van der Waals surface area contributed by atoms with Gasteiger partial charge in [0, 0.05) is 12.2 Å². The summed E-state index contributed by atoms with van der Waals surface area (Å²) in [6, 6.07) is 6.87. The first kappa shape index (κ1) is 9.18. The van der Waals surface area contributed by atoms with Gasteiger partial charge >= 0.3 is 0 Å². The van der Waals surface area contributed by atoms with Crippen molar-refractivity contribution in [3.63, 3.8) is 0 Å². The standard InChI is InChI=1S/C9H8N4/c10-3-1-9(12)7-2-4-13-8(5-7)6-11/h2,4-5,9H,1,12H2/t9-/m0/s1. The highest BCUT2D eigenvalue weighted by atomic mass is 14.7. The first-order valence-corrected chi connectivity index (χ1v) is 3.76. The minimum Gasteiger partial charge on any atom is -0.323 e. The summed E-state index contributed by atoms with van der Waals surface area (Å²) < 4.78 is 0. The van der Waals surface area contributed by atoms with Crippen molar-refractivity contribution in [1.82, 2.24) is 4.98 Å². The third kappa shape index (κ3) is 2.26. The first-order valence-electron chi connectivity index (χ1n) is 3.76. The highest BCUT2D eigenvalue weighted by Crippen LogP contribution is 2.12. The van der Waals surface area contributed by atoms with Crippen LogP contribution in [0.4, 0.5) is 0 Å². The smallest absolute Gasteiger partial charge is 0.140 e. The van der Waals surface area contributed by atoms with Crippen molar-refractivity contribution in [3.05, 3.63) is 29.6 Å². The van der Waals surface area contributed by atoms with Gasteiger partial charge in [-0.1, -0.05) is 0 Å². The Kier molecular flexibility index (Phi) is 2.97. The van der Waals surface area contributed by atoms with Crippen LogP contribution in [-0.2, 0) is 0 Å². The lowest BCUT2D eigenvalue weighted by Gasteiger charge is -2.06. The normalized spacial score (nSPS) is 11.3. The van der Waals surface area contributed by atoms with E-state index in [2.05, 4.69) is 4.98 Å². The molecule has 13 heavy (non-hydrogen) atoms. The summed E-state index contributed by atoms with van der Waals surface area (Å²) in [5.41, 5.74) is 6.77. The Morgan fingerprint density at radius 3 is 2.92 bits per heavy atom. The van der Waals surface area contributed by atoms with Crippen molar-refractivity contribution in [2.45, 2.75) is 12.5 Å². The summed E-state index contributed by atoms with van der Waals surface area (Å²) in [6.07, 6.45) is 1.76. The SMILES string of the molecule is N#CC[C@H](N)c1ccnc(C#N)c1. The number of aromatic nitrogens is 1. The van der Waals surface area contributed by atoms with Crippen LogP contribution in [0.1, 0.15) is 23.7 Å². The molecule has 0 aliphatic rings. The van der Waals surface area contributed by atoms with Gasteiger partial charge in [-0.3, -0.25) is 0 Å². The van der Waals surface area contributed by atoms with E-state index in [1.807, 2.05) is 12.1 Å². The number of nitriles is 2. The molecule has 0 bridgehead atoms. The third-order valence-corrected chi connectivity index (χ3v) is 1.64. The van der Waals surface area contributed by atoms with E-state index in [4.69, 9.17) is 16.3 Å². The van der Waals surface area contributed by atoms with Gasteiger partial charge in [0.05, 0.1) is 12.5 Å². The van der Waals surface area contributed by atoms with Gasteiger partial charge in [-0.05, 0) is 17.7 Å². The summed E-state index contributed by atoms with van der Waals surface area (Å²) >= 11 is 0. The third-order valence-electron chi connectivity index (χ3n) is 1.64. The van der Waals surface area contributed by atoms with Crippen molar-refractivity contribution in [2.75, 3.05) is 0 Å². The van der Waals surface area contributed by atoms with E-state index >= 15 is 0 Å². The Hall–Kier alpha value is -1.91. The fourth-order valence-corrected chi connectivity index (χ4v) is 0.955. The van der Waals surface area contributed by atoms with Crippen molar-refractivity contribution in [2.24, 2.45) is 5.73 Å². The van der Waals surface area contributed by atoms with Gasteiger partial charge in [0.15, 0.2) is 0 Å². The van der Waals surface area contributed by atoms with Gasteiger partial charge in [-0.15, -0.1) is 0 Å². The Balaban J connectivity index is 2.91. The number of nitrogens with zero attached hydrogens (tertiary/aromatic N) is 3. The molecule has 0 amide bonds. The first-order chi connectivity index (χ1) is 6.27. The molecule has 1 heterocycles. The molecule has 1 aromatic heterocycles. The van der Waals surface area contributed by atoms with Crippen LogP contribution in [-0.4, -0.2) is 4.98 Å². The Morgan fingerprint density at radius 1 is 1.54 bits per heavy atom. The van der Waals surface area contributed by atoms with Gasteiger partial charge in [0.1, 0.15) is 11.8 Å². The monoisotopic (exact) mass is 172 g/mol. The maximum atomic E-state index is 8.56. The Morgan fingerprint density at radius 2 is 2.31 bits per heavy atom. The zero-order valence-corrected chi connectivity index (χ0v) is 6.94. The molecular formula is C9H8N4. The van der Waals surface area contributed by atoms with E-state index in [-0.39, 0.29) is 12.5 Å².